The van der Waals surface area contributed by atoms with Crippen LogP contribution < -0.4 is 5.11 Å². The maximum absolute atomic E-state index is 11.4. The van der Waals surface area contributed by atoms with Crippen LogP contribution >= 0.6 is 35.0 Å². The molecule has 0 saturated heterocycles. The molecule has 9 heteroatoms. The van der Waals surface area contributed by atoms with E-state index in [2.05, 4.69) is 10.2 Å². The number of benzene rings is 1. The van der Waals surface area contributed by atoms with Gasteiger partial charge in [-0.25, -0.2) is 0 Å². The summed E-state index contributed by atoms with van der Waals surface area (Å²) in [5.41, 5.74) is 0.603. The maximum Gasteiger partial charge on any atom is 0.281 e. The van der Waals surface area contributed by atoms with Gasteiger partial charge in [0.2, 0.25) is 5.89 Å². The molecule has 0 fully saturated rings. The Morgan fingerprint density at radius 3 is 2.73 bits per heavy atom. The number of carbonyl (C=O) groups is 1. The maximum atomic E-state index is 11.4. The first-order valence-corrected chi connectivity index (χ1v) is 9.02. The van der Waals surface area contributed by atoms with Crippen molar-refractivity contribution in [1.29, 1.82) is 0 Å². The predicted molar refractivity (Wildman–Crippen MR) is 96.7 cm³/mol. The van der Waals surface area contributed by atoms with Gasteiger partial charge in [0, 0.05) is 21.9 Å². The average Bonchev–Trinajstić information content (AvgIpc) is 3.25. The third-order valence-corrected chi connectivity index (χ3v) is 4.65. The molecule has 0 amide bonds. The summed E-state index contributed by atoms with van der Waals surface area (Å²) in [6.07, 6.45) is 1.87. The summed E-state index contributed by atoms with van der Waals surface area (Å²) in [6, 6.07) is 8.26. The molecule has 134 valence electrons. The lowest BCUT2D eigenvalue weighted by molar-refractivity contribution is -0.298. The molecule has 0 bridgehead atoms. The van der Waals surface area contributed by atoms with E-state index in [1.807, 2.05) is 6.92 Å². The van der Waals surface area contributed by atoms with Gasteiger partial charge in [-0.1, -0.05) is 30.1 Å². The standard InChI is InChI=1S/C17H12Cl2N2O4S/c1-2-15-20-21-17(25-15)26-14(16(22)23)8-10-4-6-13(24-10)11-7-9(18)3-5-12(11)19/h3-8H,2H2,1H3,(H,22,23)/p-1/b14-8+. The topological polar surface area (TPSA) is 92.2 Å². The molecule has 2 aromatic heterocycles. The lowest BCUT2D eigenvalue weighted by atomic mass is 10.2. The SMILES string of the molecule is CCc1nnc(S/C(=C/c2ccc(-c3cc(Cl)ccc3Cl)o2)C(=O)[O-])o1. The molecule has 1 aromatic carbocycles. The van der Waals surface area contributed by atoms with Crippen molar-refractivity contribution < 1.29 is 18.7 Å². The monoisotopic (exact) mass is 409 g/mol. The molecule has 0 N–H and O–H groups in total. The summed E-state index contributed by atoms with van der Waals surface area (Å²) >= 11 is 12.9. The molecule has 0 atom stereocenters. The molecule has 3 aromatic rings. The van der Waals surface area contributed by atoms with E-state index in [9.17, 15) is 9.90 Å². The van der Waals surface area contributed by atoms with E-state index in [1.54, 1.807) is 30.3 Å². The number of rotatable bonds is 6. The number of furan rings is 1. The lowest BCUT2D eigenvalue weighted by Crippen LogP contribution is -2.22. The number of thioether (sulfide) groups is 1. The minimum absolute atomic E-state index is 0.113. The molecule has 0 spiro atoms. The van der Waals surface area contributed by atoms with Gasteiger partial charge in [0.05, 0.1) is 11.0 Å². The lowest BCUT2D eigenvalue weighted by Gasteiger charge is -2.04. The van der Waals surface area contributed by atoms with Crippen LogP contribution in [0.1, 0.15) is 18.6 Å². The molecular weight excluding hydrogens is 399 g/mol. The van der Waals surface area contributed by atoms with Gasteiger partial charge in [0.25, 0.3) is 5.22 Å². The number of aryl methyl sites for hydroxylation is 1. The molecular formula is C17H11Cl2N2O4S-. The van der Waals surface area contributed by atoms with Gasteiger partial charge >= 0.3 is 0 Å². The van der Waals surface area contributed by atoms with E-state index in [4.69, 9.17) is 32.0 Å². The molecule has 0 saturated carbocycles. The fourth-order valence-electron chi connectivity index (χ4n) is 2.04. The third kappa shape index (κ3) is 4.30. The fraction of sp³-hybridized carbons (Fsp3) is 0.118. The number of carboxylic acids is 1. The highest BCUT2D eigenvalue weighted by molar-refractivity contribution is 8.03. The zero-order chi connectivity index (χ0) is 18.7. The Morgan fingerprint density at radius 1 is 1.23 bits per heavy atom. The van der Waals surface area contributed by atoms with E-state index in [0.717, 1.165) is 11.8 Å². The van der Waals surface area contributed by atoms with Crippen molar-refractivity contribution in [3.05, 3.63) is 56.9 Å². The van der Waals surface area contributed by atoms with Crippen LogP contribution in [0, 0.1) is 0 Å². The number of hydrogen-bond acceptors (Lipinski definition) is 7. The van der Waals surface area contributed by atoms with Crippen LogP contribution in [-0.2, 0) is 11.2 Å². The number of nitrogens with zero attached hydrogens (tertiary/aromatic N) is 2. The molecule has 26 heavy (non-hydrogen) atoms. The quantitative estimate of drug-likeness (QED) is 0.447. The van der Waals surface area contributed by atoms with Gasteiger partial charge in [0.1, 0.15) is 11.5 Å². The van der Waals surface area contributed by atoms with E-state index < -0.39 is 5.97 Å². The van der Waals surface area contributed by atoms with Crippen LogP contribution in [0.4, 0.5) is 0 Å². The molecule has 0 aliphatic carbocycles. The van der Waals surface area contributed by atoms with Crippen molar-refractivity contribution in [2.24, 2.45) is 0 Å². The van der Waals surface area contributed by atoms with Crippen molar-refractivity contribution in [2.75, 3.05) is 0 Å². The van der Waals surface area contributed by atoms with Gasteiger partial charge in [-0.3, -0.25) is 0 Å². The summed E-state index contributed by atoms with van der Waals surface area (Å²) in [4.78, 5) is 11.3. The largest absolute Gasteiger partial charge is 0.544 e. The van der Waals surface area contributed by atoms with Gasteiger partial charge in [-0.05, 0) is 48.2 Å². The van der Waals surface area contributed by atoms with Crippen LogP contribution in [0.5, 0.6) is 0 Å². The zero-order valence-corrected chi connectivity index (χ0v) is 15.7. The fourth-order valence-corrected chi connectivity index (χ4v) is 3.09. The van der Waals surface area contributed by atoms with Crippen LogP contribution in [0.25, 0.3) is 17.4 Å². The zero-order valence-electron chi connectivity index (χ0n) is 13.4. The molecule has 0 aliphatic rings. The van der Waals surface area contributed by atoms with Gasteiger partial charge in [-0.15, -0.1) is 10.2 Å². The van der Waals surface area contributed by atoms with Crippen molar-refractivity contribution >= 4 is 47.0 Å². The molecule has 2 heterocycles. The summed E-state index contributed by atoms with van der Waals surface area (Å²) in [5.74, 6) is -0.207. The minimum Gasteiger partial charge on any atom is -0.544 e. The molecule has 3 rings (SSSR count). The van der Waals surface area contributed by atoms with Gasteiger partial charge in [-0.2, -0.15) is 0 Å². The summed E-state index contributed by atoms with van der Waals surface area (Å²) in [6.45, 7) is 1.85. The highest BCUT2D eigenvalue weighted by atomic mass is 35.5. The number of aromatic nitrogens is 2. The van der Waals surface area contributed by atoms with Crippen LogP contribution in [-0.4, -0.2) is 16.2 Å². The first kappa shape index (κ1) is 18.6. The van der Waals surface area contributed by atoms with Crippen LogP contribution in [0.15, 0.2) is 49.3 Å². The number of carbonyl (C=O) groups excluding carboxylic acids is 1. The van der Waals surface area contributed by atoms with Crippen LogP contribution in [0.3, 0.4) is 0 Å². The van der Waals surface area contributed by atoms with Crippen molar-refractivity contribution in [3.8, 4) is 11.3 Å². The number of carboxylic acid groups (broad SMARTS) is 1. The van der Waals surface area contributed by atoms with E-state index >= 15 is 0 Å². The number of aliphatic carboxylic acids is 1. The highest BCUT2D eigenvalue weighted by Gasteiger charge is 2.13. The van der Waals surface area contributed by atoms with E-state index in [1.165, 1.54) is 6.08 Å². The smallest absolute Gasteiger partial charge is 0.281 e. The van der Waals surface area contributed by atoms with Crippen molar-refractivity contribution in [2.45, 2.75) is 18.6 Å². The van der Waals surface area contributed by atoms with Crippen molar-refractivity contribution in [3.63, 3.8) is 0 Å². The third-order valence-electron chi connectivity index (χ3n) is 3.24. The Kier molecular flexibility index (Phi) is 5.70. The molecule has 0 aliphatic heterocycles. The summed E-state index contributed by atoms with van der Waals surface area (Å²) < 4.78 is 11.0. The molecule has 6 nitrogen and oxygen atoms in total. The predicted octanol–water partition coefficient (Wildman–Crippen LogP) is 4.08. The summed E-state index contributed by atoms with van der Waals surface area (Å²) in [7, 11) is 0. The van der Waals surface area contributed by atoms with Crippen LogP contribution in [0.2, 0.25) is 10.0 Å². The first-order chi connectivity index (χ1) is 12.5. The van der Waals surface area contributed by atoms with E-state index in [0.29, 0.717) is 39.4 Å². The second-order valence-corrected chi connectivity index (χ2v) is 6.88. The van der Waals surface area contributed by atoms with Crippen molar-refractivity contribution in [1.82, 2.24) is 10.2 Å². The summed E-state index contributed by atoms with van der Waals surface area (Å²) in [5, 5.41) is 20.0. The van der Waals surface area contributed by atoms with Gasteiger partial charge < -0.3 is 18.7 Å². The number of halogens is 2. The Balaban J connectivity index is 1.88. The average molecular weight is 410 g/mol. The number of hydrogen-bond donors (Lipinski definition) is 0. The Hall–Kier alpha value is -2.22. The Labute approximate surface area is 162 Å². The van der Waals surface area contributed by atoms with Gasteiger partial charge in [0.15, 0.2) is 0 Å². The Morgan fingerprint density at radius 2 is 2.04 bits per heavy atom. The minimum atomic E-state index is -1.38. The highest BCUT2D eigenvalue weighted by Crippen LogP contribution is 2.33. The molecule has 0 radical (unpaired) electrons. The molecule has 0 unspecified atom stereocenters. The normalized spacial score (nSPS) is 11.7. The second-order valence-electron chi connectivity index (χ2n) is 5.04. The van der Waals surface area contributed by atoms with E-state index in [-0.39, 0.29) is 10.1 Å². The Bertz CT molecular complexity index is 981. The second kappa shape index (κ2) is 7.99. The first-order valence-electron chi connectivity index (χ1n) is 7.44.